The van der Waals surface area contributed by atoms with Gasteiger partial charge < -0.3 is 4.74 Å². The third-order valence-corrected chi connectivity index (χ3v) is 4.49. The van der Waals surface area contributed by atoms with Crippen molar-refractivity contribution >= 4 is 46.7 Å². The van der Waals surface area contributed by atoms with Crippen LogP contribution in [0.2, 0.25) is 5.02 Å². The Hall–Kier alpha value is -1.03. The molecule has 0 aliphatic heterocycles. The first-order valence-corrected chi connectivity index (χ1v) is 7.34. The highest BCUT2D eigenvalue weighted by atomic mass is 35.5. The second kappa shape index (κ2) is 6.61. The molecule has 0 spiro atoms. The summed E-state index contributed by atoms with van der Waals surface area (Å²) in [7, 11) is 1.66. The number of aryl methyl sites for hydroxylation is 1. The van der Waals surface area contributed by atoms with Gasteiger partial charge in [-0.05, 0) is 30.2 Å². The fourth-order valence-corrected chi connectivity index (χ4v) is 2.76. The first kappa shape index (κ1) is 15.4. The van der Waals surface area contributed by atoms with E-state index in [1.807, 2.05) is 49.4 Å². The van der Waals surface area contributed by atoms with Gasteiger partial charge >= 0.3 is 0 Å². The van der Waals surface area contributed by atoms with Gasteiger partial charge in [-0.25, -0.2) is 0 Å². The second-order valence-corrected chi connectivity index (χ2v) is 5.66. The van der Waals surface area contributed by atoms with E-state index in [9.17, 15) is 0 Å². The lowest BCUT2D eigenvalue weighted by molar-refractivity contribution is 0.411. The maximum absolute atomic E-state index is 6.19. The zero-order chi connectivity index (χ0) is 14.7. The minimum absolute atomic E-state index is 0.656. The van der Waals surface area contributed by atoms with Crippen molar-refractivity contribution in [1.82, 2.24) is 0 Å². The first-order chi connectivity index (χ1) is 9.54. The molecule has 0 heterocycles. The molecule has 0 amide bonds. The maximum atomic E-state index is 6.19. The SMILES string of the molecule is COc1cc(/C(S)=C(/S)c2ccccc2Cl)ccc1C. The van der Waals surface area contributed by atoms with Gasteiger partial charge in [0.05, 0.1) is 7.11 Å². The third-order valence-electron chi connectivity index (χ3n) is 3.03. The molecule has 0 aliphatic rings. The molecule has 0 unspecified atom stereocenters. The molecule has 2 aromatic rings. The highest BCUT2D eigenvalue weighted by molar-refractivity contribution is 7.96. The average molecular weight is 323 g/mol. The molecule has 20 heavy (non-hydrogen) atoms. The topological polar surface area (TPSA) is 9.23 Å². The monoisotopic (exact) mass is 322 g/mol. The molecule has 0 N–H and O–H groups in total. The van der Waals surface area contributed by atoms with Gasteiger partial charge in [0.15, 0.2) is 0 Å². The average Bonchev–Trinajstić information content (AvgIpc) is 2.47. The van der Waals surface area contributed by atoms with Crippen LogP contribution >= 0.6 is 36.9 Å². The van der Waals surface area contributed by atoms with Crippen LogP contribution in [0, 0.1) is 6.92 Å². The molecule has 0 atom stereocenters. The van der Waals surface area contributed by atoms with Crippen LogP contribution in [0.5, 0.6) is 5.75 Å². The van der Waals surface area contributed by atoms with Gasteiger partial charge in [-0.1, -0.05) is 41.9 Å². The Bertz CT molecular complexity index is 665. The van der Waals surface area contributed by atoms with Gasteiger partial charge in [0.1, 0.15) is 5.75 Å². The summed E-state index contributed by atoms with van der Waals surface area (Å²) in [5.41, 5.74) is 2.89. The first-order valence-electron chi connectivity index (χ1n) is 6.06. The van der Waals surface area contributed by atoms with Gasteiger partial charge in [-0.2, -0.15) is 0 Å². The van der Waals surface area contributed by atoms with E-state index in [1.165, 1.54) is 0 Å². The lowest BCUT2D eigenvalue weighted by Gasteiger charge is -2.11. The molecule has 0 aliphatic carbocycles. The van der Waals surface area contributed by atoms with E-state index in [0.717, 1.165) is 32.3 Å². The maximum Gasteiger partial charge on any atom is 0.122 e. The third kappa shape index (κ3) is 3.17. The molecular weight excluding hydrogens is 308 g/mol. The summed E-state index contributed by atoms with van der Waals surface area (Å²) in [6, 6.07) is 13.5. The Morgan fingerprint density at radius 3 is 2.40 bits per heavy atom. The van der Waals surface area contributed by atoms with Crippen molar-refractivity contribution in [1.29, 1.82) is 0 Å². The van der Waals surface area contributed by atoms with Crippen LogP contribution < -0.4 is 4.74 Å². The molecule has 0 aromatic heterocycles. The molecule has 0 saturated heterocycles. The Labute approximate surface area is 135 Å². The van der Waals surface area contributed by atoms with Crippen LogP contribution in [-0.4, -0.2) is 7.11 Å². The summed E-state index contributed by atoms with van der Waals surface area (Å²) < 4.78 is 5.34. The Morgan fingerprint density at radius 1 is 1.05 bits per heavy atom. The highest BCUT2D eigenvalue weighted by Crippen LogP contribution is 2.36. The minimum Gasteiger partial charge on any atom is -0.496 e. The summed E-state index contributed by atoms with van der Waals surface area (Å²) in [6.45, 7) is 2.00. The predicted molar refractivity (Wildman–Crippen MR) is 94.0 cm³/mol. The standard InChI is InChI=1S/C16H15ClOS2/c1-10-7-8-11(9-14(10)18-2)15(19)16(20)12-5-3-4-6-13(12)17/h3-9,19-20H,1-2H3/b16-15-. The van der Waals surface area contributed by atoms with E-state index in [0.29, 0.717) is 5.02 Å². The number of ether oxygens (including phenoxy) is 1. The Morgan fingerprint density at radius 2 is 1.75 bits per heavy atom. The number of rotatable bonds is 3. The number of hydrogen-bond acceptors (Lipinski definition) is 3. The van der Waals surface area contributed by atoms with Crippen LogP contribution in [0.4, 0.5) is 0 Å². The van der Waals surface area contributed by atoms with Gasteiger partial charge in [0.2, 0.25) is 0 Å². The summed E-state index contributed by atoms with van der Waals surface area (Å²) in [4.78, 5) is 1.50. The van der Waals surface area contributed by atoms with E-state index in [-0.39, 0.29) is 0 Å². The summed E-state index contributed by atoms with van der Waals surface area (Å²) >= 11 is 15.3. The van der Waals surface area contributed by atoms with Crippen molar-refractivity contribution in [3.8, 4) is 5.75 Å². The van der Waals surface area contributed by atoms with Crippen LogP contribution in [-0.2, 0) is 0 Å². The molecular formula is C16H15ClOS2. The van der Waals surface area contributed by atoms with Crippen molar-refractivity contribution in [2.45, 2.75) is 6.92 Å². The molecule has 0 bridgehead atoms. The normalized spacial score (nSPS) is 12.1. The molecule has 0 radical (unpaired) electrons. The lowest BCUT2D eigenvalue weighted by atomic mass is 10.1. The van der Waals surface area contributed by atoms with Crippen LogP contribution in [0.1, 0.15) is 16.7 Å². The van der Waals surface area contributed by atoms with Gasteiger partial charge in [-0.15, -0.1) is 25.3 Å². The van der Waals surface area contributed by atoms with E-state index < -0.39 is 0 Å². The van der Waals surface area contributed by atoms with Gasteiger partial charge in [0.25, 0.3) is 0 Å². The van der Waals surface area contributed by atoms with Gasteiger partial charge in [0, 0.05) is 20.4 Å². The van der Waals surface area contributed by atoms with Crippen molar-refractivity contribution < 1.29 is 4.74 Å². The van der Waals surface area contributed by atoms with Crippen molar-refractivity contribution in [3.05, 3.63) is 64.2 Å². The van der Waals surface area contributed by atoms with Crippen molar-refractivity contribution in [3.63, 3.8) is 0 Å². The van der Waals surface area contributed by atoms with E-state index in [2.05, 4.69) is 25.3 Å². The van der Waals surface area contributed by atoms with E-state index in [1.54, 1.807) is 7.11 Å². The zero-order valence-electron chi connectivity index (χ0n) is 11.2. The van der Waals surface area contributed by atoms with Crippen LogP contribution in [0.25, 0.3) is 9.81 Å². The van der Waals surface area contributed by atoms with E-state index >= 15 is 0 Å². The largest absolute Gasteiger partial charge is 0.496 e. The molecule has 104 valence electrons. The predicted octanol–water partition coefficient (Wildman–Crippen LogP) is 5.34. The molecule has 2 aromatic carbocycles. The summed E-state index contributed by atoms with van der Waals surface area (Å²) in [5.74, 6) is 0.828. The Kier molecular flexibility index (Phi) is 5.08. The number of thiol groups is 2. The molecule has 1 nitrogen and oxygen atoms in total. The van der Waals surface area contributed by atoms with Crippen LogP contribution in [0.15, 0.2) is 42.5 Å². The number of benzene rings is 2. The zero-order valence-corrected chi connectivity index (χ0v) is 13.8. The molecule has 0 saturated carbocycles. The quantitative estimate of drug-likeness (QED) is 0.572. The summed E-state index contributed by atoms with van der Waals surface area (Å²) in [6.07, 6.45) is 0. The fraction of sp³-hybridized carbons (Fsp3) is 0.125. The molecule has 0 fully saturated rings. The number of hydrogen-bond donors (Lipinski definition) is 2. The fourth-order valence-electron chi connectivity index (χ4n) is 1.88. The van der Waals surface area contributed by atoms with Gasteiger partial charge in [-0.3, -0.25) is 0 Å². The number of halogens is 1. The molecule has 2 rings (SSSR count). The second-order valence-electron chi connectivity index (χ2n) is 4.36. The highest BCUT2D eigenvalue weighted by Gasteiger charge is 2.10. The Balaban J connectivity index is 2.51. The summed E-state index contributed by atoms with van der Waals surface area (Å²) in [5, 5.41) is 0.656. The van der Waals surface area contributed by atoms with Crippen molar-refractivity contribution in [2.75, 3.05) is 7.11 Å². The van der Waals surface area contributed by atoms with Crippen molar-refractivity contribution in [2.24, 2.45) is 0 Å². The van der Waals surface area contributed by atoms with Crippen LogP contribution in [0.3, 0.4) is 0 Å². The molecule has 4 heteroatoms. The lowest BCUT2D eigenvalue weighted by Crippen LogP contribution is -1.90. The van der Waals surface area contributed by atoms with E-state index in [4.69, 9.17) is 16.3 Å². The smallest absolute Gasteiger partial charge is 0.122 e. The number of methoxy groups -OCH3 is 1. The minimum atomic E-state index is 0.656.